The lowest BCUT2D eigenvalue weighted by Gasteiger charge is -2.24. The van der Waals surface area contributed by atoms with Crippen LogP contribution in [-0.4, -0.2) is 36.4 Å². The number of carbonyl (C=O) groups excluding carboxylic acids is 1. The van der Waals surface area contributed by atoms with Crippen LogP contribution in [0.2, 0.25) is 0 Å². The maximum atomic E-state index is 12.0. The topological polar surface area (TPSA) is 58.6 Å². The van der Waals surface area contributed by atoms with E-state index >= 15 is 0 Å². The minimum absolute atomic E-state index is 0.0126. The molecule has 0 aromatic heterocycles. The van der Waals surface area contributed by atoms with E-state index in [1.165, 1.54) is 6.42 Å². The molecule has 98 valence electrons. The molecular weight excluding hydrogens is 218 g/mol. The molecule has 1 aliphatic carbocycles. The highest BCUT2D eigenvalue weighted by Gasteiger charge is 2.38. The van der Waals surface area contributed by atoms with Gasteiger partial charge in [-0.2, -0.15) is 0 Å². The van der Waals surface area contributed by atoms with Crippen LogP contribution in [0.5, 0.6) is 0 Å². The zero-order valence-corrected chi connectivity index (χ0v) is 10.6. The summed E-state index contributed by atoms with van der Waals surface area (Å²) < 4.78 is 5.51. The third-order valence-electron chi connectivity index (χ3n) is 4.27. The first kappa shape index (κ1) is 12.8. The third kappa shape index (κ3) is 2.80. The van der Waals surface area contributed by atoms with Crippen LogP contribution in [0.4, 0.5) is 0 Å². The molecule has 2 fully saturated rings. The van der Waals surface area contributed by atoms with Crippen molar-refractivity contribution >= 4 is 5.91 Å². The van der Waals surface area contributed by atoms with Crippen LogP contribution < -0.4 is 5.32 Å². The van der Waals surface area contributed by atoms with E-state index in [-0.39, 0.29) is 12.5 Å². The van der Waals surface area contributed by atoms with Gasteiger partial charge in [0.15, 0.2) is 0 Å². The molecule has 2 N–H and O–H groups in total. The minimum Gasteiger partial charge on any atom is -0.396 e. The van der Waals surface area contributed by atoms with Gasteiger partial charge in [0.05, 0.1) is 0 Å². The monoisotopic (exact) mass is 241 g/mol. The van der Waals surface area contributed by atoms with E-state index in [0.29, 0.717) is 25.0 Å². The van der Waals surface area contributed by atoms with Crippen molar-refractivity contribution in [2.24, 2.45) is 11.8 Å². The summed E-state index contributed by atoms with van der Waals surface area (Å²) in [6.45, 7) is 3.48. The Hall–Kier alpha value is -0.610. The molecule has 0 aromatic rings. The van der Waals surface area contributed by atoms with Gasteiger partial charge in [0, 0.05) is 19.8 Å². The quantitative estimate of drug-likeness (QED) is 0.774. The zero-order valence-electron chi connectivity index (χ0n) is 10.6. The van der Waals surface area contributed by atoms with Crippen molar-refractivity contribution in [3.63, 3.8) is 0 Å². The van der Waals surface area contributed by atoms with E-state index in [1.807, 2.05) is 6.92 Å². The van der Waals surface area contributed by atoms with Gasteiger partial charge in [-0.25, -0.2) is 0 Å². The first-order valence-electron chi connectivity index (χ1n) is 6.69. The molecule has 1 amide bonds. The molecule has 1 heterocycles. The fourth-order valence-corrected chi connectivity index (χ4v) is 2.99. The Kier molecular flexibility index (Phi) is 4.05. The molecule has 0 spiro atoms. The molecule has 3 unspecified atom stereocenters. The average molecular weight is 241 g/mol. The molecule has 17 heavy (non-hydrogen) atoms. The van der Waals surface area contributed by atoms with Gasteiger partial charge in [-0.1, -0.05) is 6.42 Å². The Morgan fingerprint density at radius 3 is 2.82 bits per heavy atom. The molecule has 0 aromatic carbocycles. The summed E-state index contributed by atoms with van der Waals surface area (Å²) in [6.07, 6.45) is 5.15. The maximum Gasteiger partial charge on any atom is 0.251 e. The highest BCUT2D eigenvalue weighted by atomic mass is 16.5. The van der Waals surface area contributed by atoms with E-state index in [4.69, 9.17) is 4.74 Å². The Bertz CT molecular complexity index is 274. The molecule has 1 saturated heterocycles. The fraction of sp³-hybridized carbons (Fsp3) is 0.923. The number of aliphatic hydroxyl groups excluding tert-OH is 1. The van der Waals surface area contributed by atoms with Crippen LogP contribution in [0.25, 0.3) is 0 Å². The molecule has 0 radical (unpaired) electrons. The first-order valence-corrected chi connectivity index (χ1v) is 6.69. The van der Waals surface area contributed by atoms with Crippen molar-refractivity contribution in [2.75, 3.05) is 19.8 Å². The predicted octanol–water partition coefficient (Wildman–Crippen LogP) is 1.08. The summed E-state index contributed by atoms with van der Waals surface area (Å²) in [5.41, 5.74) is -0.618. The van der Waals surface area contributed by atoms with Crippen LogP contribution in [0, 0.1) is 11.8 Å². The predicted molar refractivity (Wildman–Crippen MR) is 64.5 cm³/mol. The van der Waals surface area contributed by atoms with Gasteiger partial charge in [0.1, 0.15) is 5.60 Å². The maximum absolute atomic E-state index is 12.0. The SMILES string of the molecule is CC1(C(=O)NCC2CCCC2CO)CCCO1. The number of amides is 1. The molecule has 1 aliphatic heterocycles. The number of aliphatic hydroxyl groups is 1. The lowest BCUT2D eigenvalue weighted by atomic mass is 9.96. The number of nitrogens with one attached hydrogen (secondary N) is 1. The van der Waals surface area contributed by atoms with Crippen LogP contribution in [0.1, 0.15) is 39.0 Å². The molecule has 3 atom stereocenters. The Morgan fingerprint density at radius 2 is 2.18 bits per heavy atom. The smallest absolute Gasteiger partial charge is 0.251 e. The van der Waals surface area contributed by atoms with E-state index in [0.717, 1.165) is 25.7 Å². The van der Waals surface area contributed by atoms with Gasteiger partial charge >= 0.3 is 0 Å². The van der Waals surface area contributed by atoms with Crippen LogP contribution >= 0.6 is 0 Å². The zero-order chi connectivity index (χ0) is 12.3. The molecule has 2 rings (SSSR count). The summed E-state index contributed by atoms with van der Waals surface area (Å²) in [7, 11) is 0. The Morgan fingerprint density at radius 1 is 1.41 bits per heavy atom. The highest BCUT2D eigenvalue weighted by molar-refractivity contribution is 5.84. The van der Waals surface area contributed by atoms with Crippen molar-refractivity contribution in [1.29, 1.82) is 0 Å². The summed E-state index contributed by atoms with van der Waals surface area (Å²) in [5.74, 6) is 0.820. The minimum atomic E-state index is -0.618. The number of carbonyl (C=O) groups is 1. The van der Waals surface area contributed by atoms with Crippen molar-refractivity contribution < 1.29 is 14.6 Å². The molecule has 4 nitrogen and oxygen atoms in total. The summed E-state index contributed by atoms with van der Waals surface area (Å²) in [4.78, 5) is 12.0. The van der Waals surface area contributed by atoms with Gasteiger partial charge < -0.3 is 15.2 Å². The van der Waals surface area contributed by atoms with Gasteiger partial charge in [-0.3, -0.25) is 4.79 Å². The number of ether oxygens (including phenoxy) is 1. The normalized spacial score (nSPS) is 37.3. The van der Waals surface area contributed by atoms with Crippen LogP contribution in [-0.2, 0) is 9.53 Å². The van der Waals surface area contributed by atoms with Crippen molar-refractivity contribution in [2.45, 2.75) is 44.6 Å². The van der Waals surface area contributed by atoms with Crippen LogP contribution in [0.3, 0.4) is 0 Å². The third-order valence-corrected chi connectivity index (χ3v) is 4.27. The van der Waals surface area contributed by atoms with Gasteiger partial charge in [-0.15, -0.1) is 0 Å². The second-order valence-corrected chi connectivity index (χ2v) is 5.53. The highest BCUT2D eigenvalue weighted by Crippen LogP contribution is 2.31. The number of hydrogen-bond donors (Lipinski definition) is 2. The standard InChI is InChI=1S/C13H23NO3/c1-13(6-3-7-17-13)12(16)14-8-10-4-2-5-11(10)9-15/h10-11,15H,2-9H2,1H3,(H,14,16). The second kappa shape index (κ2) is 5.36. The molecule has 1 saturated carbocycles. The molecule has 4 heteroatoms. The Balaban J connectivity index is 1.79. The van der Waals surface area contributed by atoms with Crippen molar-refractivity contribution in [1.82, 2.24) is 5.32 Å². The lowest BCUT2D eigenvalue weighted by molar-refractivity contribution is -0.139. The second-order valence-electron chi connectivity index (χ2n) is 5.53. The average Bonchev–Trinajstić information content (AvgIpc) is 2.95. The largest absolute Gasteiger partial charge is 0.396 e. The van der Waals surface area contributed by atoms with Crippen LogP contribution in [0.15, 0.2) is 0 Å². The summed E-state index contributed by atoms with van der Waals surface area (Å²) in [6, 6.07) is 0. The summed E-state index contributed by atoms with van der Waals surface area (Å²) >= 11 is 0. The molecule has 2 aliphatic rings. The van der Waals surface area contributed by atoms with E-state index in [2.05, 4.69) is 5.32 Å². The van der Waals surface area contributed by atoms with Gasteiger partial charge in [0.2, 0.25) is 0 Å². The fourth-order valence-electron chi connectivity index (χ4n) is 2.99. The van der Waals surface area contributed by atoms with Gasteiger partial charge in [0.25, 0.3) is 5.91 Å². The molecular formula is C13H23NO3. The van der Waals surface area contributed by atoms with Gasteiger partial charge in [-0.05, 0) is 44.4 Å². The molecule has 0 bridgehead atoms. The van der Waals surface area contributed by atoms with E-state index in [1.54, 1.807) is 0 Å². The lowest BCUT2D eigenvalue weighted by Crippen LogP contribution is -2.46. The van der Waals surface area contributed by atoms with Crippen molar-refractivity contribution in [3.05, 3.63) is 0 Å². The van der Waals surface area contributed by atoms with E-state index in [9.17, 15) is 9.90 Å². The van der Waals surface area contributed by atoms with E-state index < -0.39 is 5.60 Å². The number of hydrogen-bond acceptors (Lipinski definition) is 3. The first-order chi connectivity index (χ1) is 8.15. The Labute approximate surface area is 103 Å². The number of rotatable bonds is 4. The van der Waals surface area contributed by atoms with Crippen molar-refractivity contribution in [3.8, 4) is 0 Å². The summed E-state index contributed by atoms with van der Waals surface area (Å²) in [5, 5.41) is 12.2.